The highest BCUT2D eigenvalue weighted by molar-refractivity contribution is 5.99. The van der Waals surface area contributed by atoms with Gasteiger partial charge in [-0.3, -0.25) is 9.59 Å². The summed E-state index contributed by atoms with van der Waals surface area (Å²) in [4.78, 5) is 27.3. The molecule has 1 N–H and O–H groups in total. The van der Waals surface area contributed by atoms with Crippen molar-refractivity contribution >= 4 is 11.8 Å². The summed E-state index contributed by atoms with van der Waals surface area (Å²) in [7, 11) is 0. The Morgan fingerprint density at radius 2 is 1.96 bits per heavy atom. The van der Waals surface area contributed by atoms with Crippen molar-refractivity contribution in [2.75, 3.05) is 13.1 Å². The molecule has 3 aromatic rings. The Kier molecular flexibility index (Phi) is 4.42. The van der Waals surface area contributed by atoms with Crippen molar-refractivity contribution in [1.82, 2.24) is 20.4 Å². The van der Waals surface area contributed by atoms with Gasteiger partial charge in [-0.2, -0.15) is 0 Å². The third-order valence-corrected chi connectivity index (χ3v) is 4.47. The third kappa shape index (κ3) is 3.31. The van der Waals surface area contributed by atoms with Crippen LogP contribution in [-0.2, 0) is 4.79 Å². The van der Waals surface area contributed by atoms with Gasteiger partial charge in [-0.15, -0.1) is 10.2 Å². The number of nitrogens with one attached hydrogen (secondary N) is 1. The Hall–Kier alpha value is -3.48. The van der Waals surface area contributed by atoms with Gasteiger partial charge in [0.25, 0.3) is 5.91 Å². The summed E-state index contributed by atoms with van der Waals surface area (Å²) in [5.74, 6) is 0.429. The maximum Gasteiger partial charge on any atom is 0.254 e. The lowest BCUT2D eigenvalue weighted by Crippen LogP contribution is -2.52. The van der Waals surface area contributed by atoms with Gasteiger partial charge < -0.3 is 14.6 Å². The van der Waals surface area contributed by atoms with Crippen LogP contribution >= 0.6 is 0 Å². The maximum absolute atomic E-state index is 13.2. The minimum Gasteiger partial charge on any atom is -0.421 e. The van der Waals surface area contributed by atoms with Gasteiger partial charge in [-0.25, -0.2) is 0 Å². The van der Waals surface area contributed by atoms with E-state index in [2.05, 4.69) is 15.5 Å². The van der Waals surface area contributed by atoms with E-state index in [1.807, 2.05) is 30.3 Å². The van der Waals surface area contributed by atoms with Crippen LogP contribution in [0.2, 0.25) is 0 Å². The summed E-state index contributed by atoms with van der Waals surface area (Å²) < 4.78 is 5.45. The van der Waals surface area contributed by atoms with Crippen LogP contribution in [0.1, 0.15) is 27.9 Å². The molecule has 2 amide bonds. The lowest BCUT2D eigenvalue weighted by atomic mass is 10.0. The van der Waals surface area contributed by atoms with E-state index in [1.165, 1.54) is 0 Å². The molecule has 1 aliphatic heterocycles. The largest absolute Gasteiger partial charge is 0.421 e. The minimum absolute atomic E-state index is 0.176. The van der Waals surface area contributed by atoms with Gasteiger partial charge in [0, 0.05) is 31.1 Å². The van der Waals surface area contributed by atoms with Gasteiger partial charge in [-0.05, 0) is 23.8 Å². The molecule has 7 heteroatoms. The second-order valence-corrected chi connectivity index (χ2v) is 6.31. The molecule has 0 aliphatic carbocycles. The number of carbonyl (C=O) groups excluding carboxylic acids is 2. The van der Waals surface area contributed by atoms with E-state index in [1.54, 1.807) is 36.1 Å². The fourth-order valence-corrected chi connectivity index (χ4v) is 3.22. The molecule has 4 rings (SSSR count). The van der Waals surface area contributed by atoms with E-state index in [0.29, 0.717) is 36.0 Å². The van der Waals surface area contributed by atoms with Crippen molar-refractivity contribution in [1.29, 1.82) is 0 Å². The van der Waals surface area contributed by atoms with Crippen LogP contribution < -0.4 is 5.32 Å². The highest BCUT2D eigenvalue weighted by atomic mass is 16.4. The zero-order valence-corrected chi connectivity index (χ0v) is 14.8. The van der Waals surface area contributed by atoms with Gasteiger partial charge >= 0.3 is 0 Å². The number of amides is 2. The fraction of sp³-hybridized carbons (Fsp3) is 0.200. The Balaban J connectivity index is 1.67. The predicted molar refractivity (Wildman–Crippen MR) is 97.7 cm³/mol. The number of nitrogens with zero attached hydrogens (tertiary/aromatic N) is 3. The molecule has 1 unspecified atom stereocenters. The second-order valence-electron chi connectivity index (χ2n) is 6.31. The molecule has 136 valence electrons. The maximum atomic E-state index is 13.2. The quantitative estimate of drug-likeness (QED) is 0.773. The molecule has 1 aliphatic rings. The highest BCUT2D eigenvalue weighted by Crippen LogP contribution is 2.26. The van der Waals surface area contributed by atoms with E-state index < -0.39 is 6.04 Å². The van der Waals surface area contributed by atoms with Crippen LogP contribution in [0.5, 0.6) is 0 Å². The molecule has 0 bridgehead atoms. The van der Waals surface area contributed by atoms with Crippen molar-refractivity contribution in [3.05, 3.63) is 71.6 Å². The SMILES string of the molecule is Cc1nnc(-c2cccc(C(=O)N3CCNC(=O)C3c3ccccc3)c2)o1. The lowest BCUT2D eigenvalue weighted by molar-refractivity contribution is -0.128. The molecular formula is C20H18N4O3. The van der Waals surface area contributed by atoms with Crippen molar-refractivity contribution in [2.24, 2.45) is 0 Å². The van der Waals surface area contributed by atoms with Crippen molar-refractivity contribution in [2.45, 2.75) is 13.0 Å². The molecule has 0 saturated carbocycles. The zero-order chi connectivity index (χ0) is 18.8. The second kappa shape index (κ2) is 7.03. The van der Waals surface area contributed by atoms with Crippen molar-refractivity contribution in [3.63, 3.8) is 0 Å². The molecule has 1 aromatic heterocycles. The summed E-state index contributed by atoms with van der Waals surface area (Å²) in [5.41, 5.74) is 1.92. The predicted octanol–water partition coefficient (Wildman–Crippen LogP) is 2.36. The Labute approximate surface area is 156 Å². The lowest BCUT2D eigenvalue weighted by Gasteiger charge is -2.35. The smallest absolute Gasteiger partial charge is 0.254 e. The average Bonchev–Trinajstić information content (AvgIpc) is 3.14. The molecule has 2 aromatic carbocycles. The van der Waals surface area contributed by atoms with Crippen LogP contribution in [-0.4, -0.2) is 40.0 Å². The van der Waals surface area contributed by atoms with Gasteiger partial charge in [0.1, 0.15) is 6.04 Å². The van der Waals surface area contributed by atoms with E-state index in [9.17, 15) is 9.59 Å². The molecule has 1 saturated heterocycles. The van der Waals surface area contributed by atoms with E-state index in [4.69, 9.17) is 4.42 Å². The molecule has 0 spiro atoms. The normalized spacial score (nSPS) is 16.9. The first-order chi connectivity index (χ1) is 13.1. The van der Waals surface area contributed by atoms with Crippen LogP contribution in [0.4, 0.5) is 0 Å². The zero-order valence-electron chi connectivity index (χ0n) is 14.8. The van der Waals surface area contributed by atoms with E-state index in [0.717, 1.165) is 5.56 Å². The standard InChI is InChI=1S/C20H18N4O3/c1-13-22-23-19(27-13)15-8-5-9-16(12-15)20(26)24-11-10-21-18(25)17(24)14-6-3-2-4-7-14/h2-9,12,17H,10-11H2,1H3,(H,21,25). The number of piperazine rings is 1. The highest BCUT2D eigenvalue weighted by Gasteiger charge is 2.34. The number of aryl methyl sites for hydroxylation is 1. The summed E-state index contributed by atoms with van der Waals surface area (Å²) in [6, 6.07) is 15.7. The molecule has 0 radical (unpaired) electrons. The number of hydrogen-bond acceptors (Lipinski definition) is 5. The summed E-state index contributed by atoms with van der Waals surface area (Å²) >= 11 is 0. The minimum atomic E-state index is -0.651. The summed E-state index contributed by atoms with van der Waals surface area (Å²) in [6.45, 7) is 2.58. The molecule has 2 heterocycles. The van der Waals surface area contributed by atoms with E-state index >= 15 is 0 Å². The van der Waals surface area contributed by atoms with Crippen LogP contribution in [0.25, 0.3) is 11.5 Å². The molecule has 27 heavy (non-hydrogen) atoms. The topological polar surface area (TPSA) is 88.3 Å². The summed E-state index contributed by atoms with van der Waals surface area (Å²) in [5, 5.41) is 10.7. The molecule has 7 nitrogen and oxygen atoms in total. The first-order valence-corrected chi connectivity index (χ1v) is 8.67. The molecule has 1 atom stereocenters. The third-order valence-electron chi connectivity index (χ3n) is 4.47. The van der Waals surface area contributed by atoms with E-state index in [-0.39, 0.29) is 11.8 Å². The van der Waals surface area contributed by atoms with Gasteiger partial charge in [0.2, 0.25) is 17.7 Å². The van der Waals surface area contributed by atoms with Gasteiger partial charge in [-0.1, -0.05) is 36.4 Å². The monoisotopic (exact) mass is 362 g/mol. The van der Waals surface area contributed by atoms with Crippen LogP contribution in [0.3, 0.4) is 0 Å². The Morgan fingerprint density at radius 3 is 2.70 bits per heavy atom. The first kappa shape index (κ1) is 17.0. The Bertz CT molecular complexity index is 984. The number of hydrogen-bond donors (Lipinski definition) is 1. The van der Waals surface area contributed by atoms with Crippen molar-refractivity contribution in [3.8, 4) is 11.5 Å². The van der Waals surface area contributed by atoms with Crippen LogP contribution in [0.15, 0.2) is 59.0 Å². The first-order valence-electron chi connectivity index (χ1n) is 8.67. The number of rotatable bonds is 3. The van der Waals surface area contributed by atoms with Gasteiger partial charge in [0.15, 0.2) is 0 Å². The fourth-order valence-electron chi connectivity index (χ4n) is 3.22. The number of aromatic nitrogens is 2. The summed E-state index contributed by atoms with van der Waals surface area (Å²) in [6.07, 6.45) is 0. The van der Waals surface area contributed by atoms with Gasteiger partial charge in [0.05, 0.1) is 0 Å². The van der Waals surface area contributed by atoms with Crippen molar-refractivity contribution < 1.29 is 14.0 Å². The Morgan fingerprint density at radius 1 is 1.15 bits per heavy atom. The number of carbonyl (C=O) groups is 2. The van der Waals surface area contributed by atoms with Crippen LogP contribution in [0, 0.1) is 6.92 Å². The molecular weight excluding hydrogens is 344 g/mol. The number of benzene rings is 2. The molecule has 1 fully saturated rings. The average molecular weight is 362 g/mol.